The van der Waals surface area contributed by atoms with Gasteiger partial charge in [-0.1, -0.05) is 103 Å². The zero-order chi connectivity index (χ0) is 22.2. The summed E-state index contributed by atoms with van der Waals surface area (Å²) >= 11 is 0. The Morgan fingerprint density at radius 2 is 1.06 bits per heavy atom. The number of hydrazone groups is 1. The maximum Gasteiger partial charge on any atom is 0.271 e. The summed E-state index contributed by atoms with van der Waals surface area (Å²) in [5.41, 5.74) is 7.13. The summed E-state index contributed by atoms with van der Waals surface area (Å²) in [6, 6.07) is 35.8. The van der Waals surface area contributed by atoms with E-state index < -0.39 is 0 Å². The van der Waals surface area contributed by atoms with Crippen molar-refractivity contribution in [3.63, 3.8) is 0 Å². The minimum Gasteiger partial charge on any atom is -0.294 e. The molecule has 4 aromatic carbocycles. The fourth-order valence-corrected chi connectivity index (χ4v) is 3.34. The van der Waals surface area contributed by atoms with E-state index in [-0.39, 0.29) is 18.1 Å². The van der Waals surface area contributed by atoms with Crippen molar-refractivity contribution in [3.05, 3.63) is 132 Å². The van der Waals surface area contributed by atoms with Gasteiger partial charge >= 0.3 is 0 Å². The van der Waals surface area contributed by atoms with Gasteiger partial charge in [0.2, 0.25) is 0 Å². The van der Waals surface area contributed by atoms with Crippen LogP contribution in [0.15, 0.2) is 120 Å². The summed E-state index contributed by atoms with van der Waals surface area (Å²) in [6.07, 6.45) is 0.0846. The predicted molar refractivity (Wildman–Crippen MR) is 128 cm³/mol. The van der Waals surface area contributed by atoms with Gasteiger partial charge in [-0.15, -0.1) is 0 Å². The summed E-state index contributed by atoms with van der Waals surface area (Å²) in [4.78, 5) is 25.4. The Kier molecular flexibility index (Phi) is 6.63. The maximum atomic E-state index is 12.7. The molecule has 4 heteroatoms. The van der Waals surface area contributed by atoms with E-state index in [0.717, 1.165) is 16.7 Å². The lowest BCUT2D eigenvalue weighted by atomic mass is 10.0. The lowest BCUT2D eigenvalue weighted by Gasteiger charge is -2.08. The van der Waals surface area contributed by atoms with E-state index in [2.05, 4.69) is 10.5 Å². The molecular formula is C28H22N2O2. The first-order chi connectivity index (χ1) is 15.7. The minimum absolute atomic E-state index is 0.0605. The van der Waals surface area contributed by atoms with Crippen molar-refractivity contribution in [1.82, 2.24) is 5.43 Å². The number of Topliss-reactive ketones (excluding diaryl/α,β-unsaturated/α-hetero) is 1. The number of nitrogens with one attached hydrogen (secondary N) is 1. The first kappa shape index (κ1) is 20.9. The number of ketones is 1. The highest BCUT2D eigenvalue weighted by molar-refractivity contribution is 6.16. The fraction of sp³-hybridized carbons (Fsp3) is 0.0357. The molecule has 1 N–H and O–H groups in total. The molecule has 0 aromatic heterocycles. The number of rotatable bonds is 7. The topological polar surface area (TPSA) is 58.5 Å². The highest BCUT2D eigenvalue weighted by Crippen LogP contribution is 2.19. The Morgan fingerprint density at radius 1 is 0.562 bits per heavy atom. The van der Waals surface area contributed by atoms with Gasteiger partial charge in [0.1, 0.15) is 0 Å². The van der Waals surface area contributed by atoms with Crippen molar-refractivity contribution in [1.29, 1.82) is 0 Å². The van der Waals surface area contributed by atoms with Gasteiger partial charge in [-0.05, 0) is 28.8 Å². The van der Waals surface area contributed by atoms with Crippen molar-refractivity contribution in [2.24, 2.45) is 5.10 Å². The normalized spacial score (nSPS) is 11.1. The molecule has 4 rings (SSSR count). The van der Waals surface area contributed by atoms with E-state index in [1.54, 1.807) is 24.3 Å². The molecule has 32 heavy (non-hydrogen) atoms. The average Bonchev–Trinajstić information content (AvgIpc) is 2.88. The van der Waals surface area contributed by atoms with E-state index in [1.807, 2.05) is 91.0 Å². The van der Waals surface area contributed by atoms with Crippen LogP contribution in [0.3, 0.4) is 0 Å². The Morgan fingerprint density at radius 3 is 1.66 bits per heavy atom. The molecule has 0 saturated heterocycles. The second-order valence-corrected chi connectivity index (χ2v) is 7.27. The smallest absolute Gasteiger partial charge is 0.271 e. The number of carbonyl (C=O) groups excluding carboxylic acids is 2. The van der Waals surface area contributed by atoms with Gasteiger partial charge in [0.25, 0.3) is 5.91 Å². The van der Waals surface area contributed by atoms with Crippen molar-refractivity contribution < 1.29 is 9.59 Å². The van der Waals surface area contributed by atoms with Gasteiger partial charge in [-0.3, -0.25) is 9.59 Å². The van der Waals surface area contributed by atoms with Gasteiger partial charge < -0.3 is 0 Å². The second kappa shape index (κ2) is 10.1. The highest BCUT2D eigenvalue weighted by atomic mass is 16.2. The van der Waals surface area contributed by atoms with E-state index in [4.69, 9.17) is 0 Å². The van der Waals surface area contributed by atoms with E-state index in [9.17, 15) is 9.59 Å². The van der Waals surface area contributed by atoms with Crippen LogP contribution in [0.25, 0.3) is 11.1 Å². The Labute approximate surface area is 187 Å². The van der Waals surface area contributed by atoms with Crippen LogP contribution in [-0.4, -0.2) is 17.4 Å². The molecule has 0 unspecified atom stereocenters. The molecule has 0 aliphatic rings. The largest absolute Gasteiger partial charge is 0.294 e. The highest BCUT2D eigenvalue weighted by Gasteiger charge is 2.13. The average molecular weight is 418 g/mol. The lowest BCUT2D eigenvalue weighted by Crippen LogP contribution is -2.21. The molecule has 0 aliphatic carbocycles. The maximum absolute atomic E-state index is 12.7. The third kappa shape index (κ3) is 5.24. The van der Waals surface area contributed by atoms with Crippen molar-refractivity contribution in [2.45, 2.75) is 6.42 Å². The quantitative estimate of drug-likeness (QED) is 0.236. The van der Waals surface area contributed by atoms with Gasteiger partial charge in [0.05, 0.1) is 12.1 Å². The van der Waals surface area contributed by atoms with Crippen LogP contribution in [0.5, 0.6) is 0 Å². The van der Waals surface area contributed by atoms with E-state index in [0.29, 0.717) is 16.8 Å². The lowest BCUT2D eigenvalue weighted by molar-refractivity contribution is 0.0951. The first-order valence-corrected chi connectivity index (χ1v) is 10.4. The molecule has 0 spiro atoms. The van der Waals surface area contributed by atoms with E-state index >= 15 is 0 Å². The number of benzene rings is 4. The third-order valence-corrected chi connectivity index (χ3v) is 5.08. The van der Waals surface area contributed by atoms with E-state index in [1.165, 1.54) is 0 Å². The van der Waals surface area contributed by atoms with Crippen LogP contribution in [-0.2, 0) is 0 Å². The number of amides is 1. The molecule has 156 valence electrons. The van der Waals surface area contributed by atoms with Gasteiger partial charge in [-0.2, -0.15) is 5.10 Å². The molecule has 1 amide bonds. The molecule has 0 aliphatic heterocycles. The molecule has 4 aromatic rings. The van der Waals surface area contributed by atoms with Gasteiger partial charge in [0, 0.05) is 11.1 Å². The predicted octanol–water partition coefficient (Wildman–Crippen LogP) is 5.76. The molecule has 0 heterocycles. The number of nitrogens with zero attached hydrogens (tertiary/aromatic N) is 1. The number of hydrogen-bond donors (Lipinski definition) is 1. The zero-order valence-electron chi connectivity index (χ0n) is 17.4. The van der Waals surface area contributed by atoms with Crippen LogP contribution in [0.1, 0.15) is 32.7 Å². The van der Waals surface area contributed by atoms with Crippen LogP contribution >= 0.6 is 0 Å². The molecular weight excluding hydrogens is 396 g/mol. The SMILES string of the molecule is O=C(CC(=NNC(=O)c1ccc(-c2ccccc2)cc1)c1ccccc1)c1ccccc1. The summed E-state index contributed by atoms with van der Waals surface area (Å²) in [6.45, 7) is 0. The molecule has 0 atom stereocenters. The molecule has 4 nitrogen and oxygen atoms in total. The number of carbonyl (C=O) groups is 2. The molecule has 0 fully saturated rings. The molecule has 0 radical (unpaired) electrons. The number of hydrogen-bond acceptors (Lipinski definition) is 3. The van der Waals surface area contributed by atoms with Crippen molar-refractivity contribution in [2.75, 3.05) is 0 Å². The van der Waals surface area contributed by atoms with Gasteiger partial charge in [0.15, 0.2) is 5.78 Å². The summed E-state index contributed by atoms with van der Waals surface area (Å²) in [5, 5.41) is 4.31. The standard InChI is InChI=1S/C28H22N2O2/c31-27(24-14-8-3-9-15-24)20-26(23-12-6-2-7-13-23)29-30-28(32)25-18-16-22(17-19-25)21-10-4-1-5-11-21/h1-19H,20H2,(H,30,32). The van der Waals surface area contributed by atoms with Gasteiger partial charge in [-0.25, -0.2) is 5.43 Å². The Hall–Kier alpha value is -4.31. The zero-order valence-corrected chi connectivity index (χ0v) is 17.4. The Balaban J connectivity index is 1.52. The third-order valence-electron chi connectivity index (χ3n) is 5.08. The van der Waals surface area contributed by atoms with Crippen LogP contribution in [0, 0.1) is 0 Å². The minimum atomic E-state index is -0.329. The second-order valence-electron chi connectivity index (χ2n) is 7.27. The van der Waals surface area contributed by atoms with Crippen molar-refractivity contribution >= 4 is 17.4 Å². The summed E-state index contributed by atoms with van der Waals surface area (Å²) < 4.78 is 0. The first-order valence-electron chi connectivity index (χ1n) is 10.4. The monoisotopic (exact) mass is 418 g/mol. The molecule has 0 saturated carbocycles. The fourth-order valence-electron chi connectivity index (χ4n) is 3.34. The van der Waals surface area contributed by atoms with Crippen LogP contribution in [0.4, 0.5) is 0 Å². The molecule has 0 bridgehead atoms. The van der Waals surface area contributed by atoms with Crippen LogP contribution in [0.2, 0.25) is 0 Å². The van der Waals surface area contributed by atoms with Crippen LogP contribution < -0.4 is 5.43 Å². The Bertz CT molecular complexity index is 1220. The summed E-state index contributed by atoms with van der Waals surface area (Å²) in [7, 11) is 0. The summed E-state index contributed by atoms with van der Waals surface area (Å²) in [5.74, 6) is -0.389. The van der Waals surface area contributed by atoms with Crippen molar-refractivity contribution in [3.8, 4) is 11.1 Å².